The Morgan fingerprint density at radius 1 is 1.00 bits per heavy atom. The molecule has 6 rings (SSSR count). The van der Waals surface area contributed by atoms with Crippen molar-refractivity contribution in [2.24, 2.45) is 57.0 Å². The summed E-state index contributed by atoms with van der Waals surface area (Å²) in [6, 6.07) is 0. The summed E-state index contributed by atoms with van der Waals surface area (Å²) in [6.07, 6.45) is 8.28. The lowest BCUT2D eigenvalue weighted by Crippen LogP contribution is -2.54. The second-order valence-corrected chi connectivity index (χ2v) is 15.2. The van der Waals surface area contributed by atoms with Gasteiger partial charge in [-0.3, -0.25) is 0 Å². The average Bonchev–Trinajstić information content (AvgIpc) is 3.17. The zero-order valence-electron chi connectivity index (χ0n) is 23.3. The van der Waals surface area contributed by atoms with Crippen molar-refractivity contribution in [1.29, 1.82) is 0 Å². The predicted octanol–water partition coefficient (Wildman–Crippen LogP) is 5.03. The van der Waals surface area contributed by atoms with Crippen LogP contribution in [0.5, 0.6) is 0 Å². The van der Waals surface area contributed by atoms with Gasteiger partial charge in [0.2, 0.25) is 0 Å². The van der Waals surface area contributed by atoms with Gasteiger partial charge >= 0.3 is 6.09 Å². The molecule has 0 aromatic carbocycles. The summed E-state index contributed by atoms with van der Waals surface area (Å²) in [4.78, 5) is 11.6. The van der Waals surface area contributed by atoms with Crippen LogP contribution in [0.4, 0.5) is 4.79 Å². The lowest BCUT2D eigenvalue weighted by Gasteiger charge is -2.59. The molecule has 204 valence electrons. The van der Waals surface area contributed by atoms with Crippen molar-refractivity contribution >= 4 is 6.09 Å². The Hall–Kier alpha value is -0.850. The first-order chi connectivity index (χ1) is 16.7. The van der Waals surface area contributed by atoms with Crippen molar-refractivity contribution in [1.82, 2.24) is 0 Å². The van der Waals surface area contributed by atoms with Crippen LogP contribution in [0, 0.1) is 51.2 Å². The molecule has 36 heavy (non-hydrogen) atoms. The molecule has 5 saturated carbocycles. The monoisotopic (exact) mass is 503 g/mol. The summed E-state index contributed by atoms with van der Waals surface area (Å²) in [7, 11) is 0. The molecule has 5 aliphatic carbocycles. The molecule has 6 nitrogen and oxygen atoms in total. The van der Waals surface area contributed by atoms with Gasteiger partial charge in [-0.15, -0.1) is 0 Å². The Balaban J connectivity index is 1.27. The third-order valence-corrected chi connectivity index (χ3v) is 13.5. The number of aliphatic hydroxyl groups excluding tert-OH is 1. The van der Waals surface area contributed by atoms with Crippen molar-refractivity contribution in [2.75, 3.05) is 0 Å². The molecule has 6 aliphatic rings. The highest BCUT2D eigenvalue weighted by molar-refractivity contribution is 5.65. The highest BCUT2D eigenvalue weighted by Crippen LogP contribution is 2.89. The number of primary amides is 1. The Bertz CT molecular complexity index is 929. The Labute approximate surface area is 217 Å². The number of rotatable bonds is 3. The van der Waals surface area contributed by atoms with Gasteiger partial charge in [0.05, 0.1) is 23.9 Å². The van der Waals surface area contributed by atoms with Gasteiger partial charge in [-0.2, -0.15) is 0 Å². The third-order valence-electron chi connectivity index (χ3n) is 13.5. The minimum atomic E-state index is -1.21. The molecule has 2 spiro atoms. The first-order valence-corrected chi connectivity index (χ1v) is 14.7. The second kappa shape index (κ2) is 7.63. The van der Waals surface area contributed by atoms with Crippen LogP contribution in [-0.4, -0.2) is 46.3 Å². The first-order valence-electron chi connectivity index (χ1n) is 14.7. The van der Waals surface area contributed by atoms with E-state index in [4.69, 9.17) is 15.2 Å². The number of carbonyl (C=O) groups is 1. The average molecular weight is 504 g/mol. The van der Waals surface area contributed by atoms with Crippen LogP contribution in [0.25, 0.3) is 0 Å². The van der Waals surface area contributed by atoms with E-state index in [-0.39, 0.29) is 23.7 Å². The highest BCUT2D eigenvalue weighted by atomic mass is 16.6. The van der Waals surface area contributed by atoms with Gasteiger partial charge in [0.1, 0.15) is 0 Å². The molecule has 6 heteroatoms. The Kier molecular flexibility index (Phi) is 5.39. The van der Waals surface area contributed by atoms with Gasteiger partial charge in [-0.1, -0.05) is 27.7 Å². The number of nitrogens with two attached hydrogens (primary N) is 1. The van der Waals surface area contributed by atoms with E-state index in [9.17, 15) is 15.0 Å². The number of ether oxygens (including phenoxy) is 2. The smallest absolute Gasteiger partial charge is 0.404 e. The summed E-state index contributed by atoms with van der Waals surface area (Å²) in [5.74, 6) is 3.31. The number of carbonyl (C=O) groups excluding carboxylic acids is 1. The predicted molar refractivity (Wildman–Crippen MR) is 137 cm³/mol. The molecule has 1 saturated heterocycles. The van der Waals surface area contributed by atoms with Gasteiger partial charge in [0, 0.05) is 0 Å². The van der Waals surface area contributed by atoms with Crippen molar-refractivity contribution in [3.8, 4) is 0 Å². The van der Waals surface area contributed by atoms with E-state index in [1.165, 1.54) is 32.1 Å². The maximum Gasteiger partial charge on any atom is 0.404 e. The fourth-order valence-corrected chi connectivity index (χ4v) is 12.0. The largest absolute Gasteiger partial charge is 0.441 e. The molecular formula is C30H49NO5. The molecule has 0 radical (unpaired) electrons. The second-order valence-electron chi connectivity index (χ2n) is 15.2. The lowest BCUT2D eigenvalue weighted by atomic mass is 9.46. The number of hydrogen-bond donors (Lipinski definition) is 3. The van der Waals surface area contributed by atoms with Gasteiger partial charge < -0.3 is 25.4 Å². The number of fused-ring (bicyclic) bond motifs is 4. The number of aliphatic hydroxyl groups is 2. The minimum absolute atomic E-state index is 0.00820. The topological polar surface area (TPSA) is 102 Å². The Morgan fingerprint density at radius 3 is 2.36 bits per heavy atom. The van der Waals surface area contributed by atoms with Crippen LogP contribution in [0.3, 0.4) is 0 Å². The molecule has 1 aliphatic heterocycles. The highest BCUT2D eigenvalue weighted by Gasteiger charge is 2.84. The standard InChI is InChI=1S/C30H49NO5/c1-16-29-14-13-28(6)18-7-9-20(24(27(4,5)34)36-25(31)33)35-21(18)15-19(28)17(29)8-10-22-26(2,3)23(32)11-12-30(16,22)29/h16-24,32,34H,7-15H2,1-6H3,(H2,31,33)/t16-,17-,18-,19?,20+,21+,22?,23-,24-,28+,29-,30?/m0/s1. The van der Waals surface area contributed by atoms with E-state index in [1.807, 2.05) is 0 Å². The number of hydrogen-bond acceptors (Lipinski definition) is 5. The maximum absolute atomic E-state index is 11.6. The summed E-state index contributed by atoms with van der Waals surface area (Å²) >= 11 is 0. The van der Waals surface area contributed by atoms with Crippen molar-refractivity contribution in [3.05, 3.63) is 0 Å². The van der Waals surface area contributed by atoms with Crippen molar-refractivity contribution < 1.29 is 24.5 Å². The minimum Gasteiger partial charge on any atom is -0.441 e. The molecule has 1 amide bonds. The molecular weight excluding hydrogens is 454 g/mol. The zero-order chi connectivity index (χ0) is 26.1. The van der Waals surface area contributed by atoms with Gasteiger partial charge in [0.15, 0.2) is 6.10 Å². The zero-order valence-corrected chi connectivity index (χ0v) is 23.3. The molecule has 0 aromatic heterocycles. The van der Waals surface area contributed by atoms with E-state index in [2.05, 4.69) is 27.7 Å². The summed E-state index contributed by atoms with van der Waals surface area (Å²) < 4.78 is 12.1. The summed E-state index contributed by atoms with van der Waals surface area (Å²) in [6.45, 7) is 13.1. The van der Waals surface area contributed by atoms with E-state index < -0.39 is 17.8 Å². The van der Waals surface area contributed by atoms with Gasteiger partial charge in [-0.05, 0) is 123 Å². The quantitative estimate of drug-likeness (QED) is 0.501. The van der Waals surface area contributed by atoms with Gasteiger partial charge in [0.25, 0.3) is 0 Å². The number of amides is 1. The lowest BCUT2D eigenvalue weighted by molar-refractivity contribution is -0.176. The fourth-order valence-electron chi connectivity index (χ4n) is 12.0. The molecule has 0 bridgehead atoms. The van der Waals surface area contributed by atoms with E-state index in [1.54, 1.807) is 13.8 Å². The maximum atomic E-state index is 11.6. The van der Waals surface area contributed by atoms with Crippen LogP contribution >= 0.6 is 0 Å². The SMILES string of the molecule is C[C@@H]1C23CC[C@H](O)C(C)(C)C2CC[C@H]2C4C[C@H]5O[C@@H]([C@H](OC(N)=O)C(C)(C)O)CC[C@@H]5[C@@]4(C)CC[C@]123. The molecule has 4 N–H and O–H groups in total. The summed E-state index contributed by atoms with van der Waals surface area (Å²) in [5.41, 5.74) is 5.31. The van der Waals surface area contributed by atoms with Gasteiger partial charge in [-0.25, -0.2) is 4.79 Å². The van der Waals surface area contributed by atoms with Crippen LogP contribution < -0.4 is 5.73 Å². The molecule has 1 heterocycles. The molecule has 12 atom stereocenters. The van der Waals surface area contributed by atoms with E-state index in [0.717, 1.165) is 37.5 Å². The van der Waals surface area contributed by atoms with Crippen molar-refractivity contribution in [3.63, 3.8) is 0 Å². The molecule has 3 unspecified atom stereocenters. The normalized spacial score (nSPS) is 53.7. The first kappa shape index (κ1) is 25.4. The van der Waals surface area contributed by atoms with Crippen LogP contribution in [-0.2, 0) is 9.47 Å². The van der Waals surface area contributed by atoms with Crippen LogP contribution in [0.15, 0.2) is 0 Å². The third kappa shape index (κ3) is 2.98. The van der Waals surface area contributed by atoms with Crippen LogP contribution in [0.2, 0.25) is 0 Å². The Morgan fingerprint density at radius 2 is 1.69 bits per heavy atom. The van der Waals surface area contributed by atoms with Crippen molar-refractivity contribution in [2.45, 2.75) is 129 Å². The fraction of sp³-hybridized carbons (Fsp3) is 0.967. The van der Waals surface area contributed by atoms with E-state index >= 15 is 0 Å². The molecule has 6 fully saturated rings. The van der Waals surface area contributed by atoms with E-state index in [0.29, 0.717) is 34.0 Å². The summed E-state index contributed by atoms with van der Waals surface area (Å²) in [5, 5.41) is 21.7. The van der Waals surface area contributed by atoms with Crippen LogP contribution in [0.1, 0.15) is 99.3 Å². The molecule has 0 aromatic rings.